The first kappa shape index (κ1) is 14.2. The van der Waals surface area contributed by atoms with E-state index in [9.17, 15) is 5.11 Å². The van der Waals surface area contributed by atoms with Crippen molar-refractivity contribution in [3.8, 4) is 5.95 Å². The summed E-state index contributed by atoms with van der Waals surface area (Å²) < 4.78 is 1.70. The predicted octanol–water partition coefficient (Wildman–Crippen LogP) is 1.45. The number of anilines is 1. The summed E-state index contributed by atoms with van der Waals surface area (Å²) in [6, 6.07) is 0.248. The van der Waals surface area contributed by atoms with Gasteiger partial charge in [-0.3, -0.25) is 4.57 Å². The topological polar surface area (TPSA) is 80.0 Å². The Morgan fingerprint density at radius 3 is 2.86 bits per heavy atom. The summed E-state index contributed by atoms with van der Waals surface area (Å²) in [7, 11) is 0. The van der Waals surface area contributed by atoms with Crippen LogP contribution in [0.5, 0.6) is 0 Å². The summed E-state index contributed by atoms with van der Waals surface area (Å²) in [6.45, 7) is 1.03. The zero-order valence-electron chi connectivity index (χ0n) is 11.6. The summed E-state index contributed by atoms with van der Waals surface area (Å²) in [6.07, 6.45) is 9.04. The smallest absolute Gasteiger partial charge is 0.241 e. The number of imidazole rings is 1. The second-order valence-electron chi connectivity index (χ2n) is 5.03. The highest BCUT2D eigenvalue weighted by molar-refractivity contribution is 6.28. The van der Waals surface area contributed by atoms with Crippen molar-refractivity contribution in [2.45, 2.75) is 31.7 Å². The fraction of sp³-hybridized carbons (Fsp3) is 0.538. The minimum atomic E-state index is 0.161. The van der Waals surface area contributed by atoms with Gasteiger partial charge in [0.05, 0.1) is 0 Å². The van der Waals surface area contributed by atoms with E-state index in [1.807, 2.05) is 0 Å². The zero-order valence-corrected chi connectivity index (χ0v) is 12.3. The molecule has 3 heterocycles. The quantitative estimate of drug-likeness (QED) is 0.921. The Labute approximate surface area is 127 Å². The Morgan fingerprint density at radius 2 is 2.10 bits per heavy atom. The molecule has 1 saturated heterocycles. The number of rotatable bonds is 4. The number of nitrogens with zero attached hydrogens (tertiary/aromatic N) is 6. The standard InChI is InChI=1S/C13H17ClN6O/c14-11-16-12(19-7-5-15-9-19)18-13(17-11)20-6-2-1-3-10(20)4-8-21/h5,7,9-10,21H,1-4,6,8H2. The number of aromatic nitrogens is 5. The van der Waals surface area contributed by atoms with E-state index in [1.54, 1.807) is 23.3 Å². The zero-order chi connectivity index (χ0) is 14.7. The van der Waals surface area contributed by atoms with Crippen LogP contribution in [-0.2, 0) is 0 Å². The van der Waals surface area contributed by atoms with Crippen LogP contribution in [0.15, 0.2) is 18.7 Å². The summed E-state index contributed by atoms with van der Waals surface area (Å²) in [5.74, 6) is 1.02. The fourth-order valence-electron chi connectivity index (χ4n) is 2.66. The van der Waals surface area contributed by atoms with Crippen LogP contribution < -0.4 is 4.90 Å². The molecule has 0 spiro atoms. The van der Waals surface area contributed by atoms with Crippen LogP contribution in [-0.4, -0.2) is 48.8 Å². The Kier molecular flexibility index (Phi) is 4.31. The third-order valence-corrected chi connectivity index (χ3v) is 3.84. The normalized spacial score (nSPS) is 19.0. The van der Waals surface area contributed by atoms with E-state index in [1.165, 1.54) is 0 Å². The predicted molar refractivity (Wildman–Crippen MR) is 78.6 cm³/mol. The van der Waals surface area contributed by atoms with Gasteiger partial charge in [-0.15, -0.1) is 0 Å². The van der Waals surface area contributed by atoms with E-state index < -0.39 is 0 Å². The van der Waals surface area contributed by atoms with Crippen LogP contribution in [0.1, 0.15) is 25.7 Å². The van der Waals surface area contributed by atoms with Gasteiger partial charge in [0.25, 0.3) is 0 Å². The van der Waals surface area contributed by atoms with Gasteiger partial charge in [0.1, 0.15) is 6.33 Å². The number of piperidine rings is 1. The maximum absolute atomic E-state index is 9.22. The molecule has 1 unspecified atom stereocenters. The number of hydrogen-bond donors (Lipinski definition) is 1. The van der Waals surface area contributed by atoms with E-state index >= 15 is 0 Å². The monoisotopic (exact) mass is 308 g/mol. The molecule has 0 bridgehead atoms. The van der Waals surface area contributed by atoms with Crippen molar-refractivity contribution in [1.82, 2.24) is 24.5 Å². The summed E-state index contributed by atoms with van der Waals surface area (Å²) >= 11 is 6.04. The summed E-state index contributed by atoms with van der Waals surface area (Å²) in [5, 5.41) is 9.39. The highest BCUT2D eigenvalue weighted by Crippen LogP contribution is 2.24. The molecule has 0 saturated carbocycles. The number of aliphatic hydroxyl groups excluding tert-OH is 1. The molecule has 8 heteroatoms. The maximum atomic E-state index is 9.22. The molecule has 0 radical (unpaired) electrons. The highest BCUT2D eigenvalue weighted by atomic mass is 35.5. The van der Waals surface area contributed by atoms with E-state index in [2.05, 4.69) is 24.8 Å². The Bertz CT molecular complexity index is 588. The van der Waals surface area contributed by atoms with Crippen molar-refractivity contribution in [2.24, 2.45) is 0 Å². The third kappa shape index (κ3) is 3.14. The van der Waals surface area contributed by atoms with Gasteiger partial charge in [0.2, 0.25) is 17.2 Å². The van der Waals surface area contributed by atoms with Gasteiger partial charge in [-0.05, 0) is 37.3 Å². The molecular weight excluding hydrogens is 292 g/mol. The van der Waals surface area contributed by atoms with Gasteiger partial charge >= 0.3 is 0 Å². The molecule has 1 aliphatic rings. The third-order valence-electron chi connectivity index (χ3n) is 3.67. The molecule has 0 aliphatic carbocycles. The molecule has 2 aromatic rings. The van der Waals surface area contributed by atoms with E-state index in [0.29, 0.717) is 18.3 Å². The summed E-state index contributed by atoms with van der Waals surface area (Å²) in [4.78, 5) is 19.0. The molecular formula is C13H17ClN6O. The Hall–Kier alpha value is -1.73. The average Bonchev–Trinajstić information content (AvgIpc) is 3.02. The second-order valence-corrected chi connectivity index (χ2v) is 5.37. The Morgan fingerprint density at radius 1 is 1.24 bits per heavy atom. The SMILES string of the molecule is OCCC1CCCCN1c1nc(Cl)nc(-n2ccnc2)n1. The number of aliphatic hydroxyl groups is 1. The fourth-order valence-corrected chi connectivity index (χ4v) is 2.82. The van der Waals surface area contributed by atoms with Gasteiger partial charge in [-0.2, -0.15) is 15.0 Å². The van der Waals surface area contributed by atoms with Crippen LogP contribution in [0.4, 0.5) is 5.95 Å². The van der Waals surface area contributed by atoms with Crippen molar-refractivity contribution in [3.63, 3.8) is 0 Å². The van der Waals surface area contributed by atoms with E-state index in [0.717, 1.165) is 25.8 Å². The van der Waals surface area contributed by atoms with Crippen LogP contribution in [0.25, 0.3) is 5.95 Å². The van der Waals surface area contributed by atoms with Gasteiger partial charge in [0, 0.05) is 31.6 Å². The minimum Gasteiger partial charge on any atom is -0.396 e. The second kappa shape index (κ2) is 6.36. The van der Waals surface area contributed by atoms with Crippen molar-refractivity contribution in [3.05, 3.63) is 24.0 Å². The maximum Gasteiger partial charge on any atom is 0.241 e. The Balaban J connectivity index is 1.93. The van der Waals surface area contributed by atoms with Gasteiger partial charge in [-0.1, -0.05) is 0 Å². The van der Waals surface area contributed by atoms with Crippen molar-refractivity contribution in [2.75, 3.05) is 18.1 Å². The lowest BCUT2D eigenvalue weighted by Gasteiger charge is -2.35. The van der Waals surface area contributed by atoms with Crippen LogP contribution >= 0.6 is 11.6 Å². The lowest BCUT2D eigenvalue weighted by Crippen LogP contribution is -2.41. The first-order chi connectivity index (χ1) is 10.3. The number of halogens is 1. The van der Waals surface area contributed by atoms with Crippen molar-refractivity contribution in [1.29, 1.82) is 0 Å². The molecule has 2 aromatic heterocycles. The van der Waals surface area contributed by atoms with Crippen LogP contribution in [0, 0.1) is 0 Å². The first-order valence-corrected chi connectivity index (χ1v) is 7.43. The summed E-state index contributed by atoms with van der Waals surface area (Å²) in [5.41, 5.74) is 0. The lowest BCUT2D eigenvalue weighted by atomic mass is 10.0. The first-order valence-electron chi connectivity index (χ1n) is 7.05. The molecule has 1 fully saturated rings. The molecule has 0 amide bonds. The largest absolute Gasteiger partial charge is 0.396 e. The van der Waals surface area contributed by atoms with Crippen LogP contribution in [0.3, 0.4) is 0 Å². The molecule has 21 heavy (non-hydrogen) atoms. The van der Waals surface area contributed by atoms with Crippen molar-refractivity contribution < 1.29 is 5.11 Å². The van der Waals surface area contributed by atoms with Crippen LogP contribution in [0.2, 0.25) is 5.28 Å². The average molecular weight is 309 g/mol. The molecule has 7 nitrogen and oxygen atoms in total. The van der Waals surface area contributed by atoms with Gasteiger partial charge in [0.15, 0.2) is 0 Å². The molecule has 3 rings (SSSR count). The number of hydrogen-bond acceptors (Lipinski definition) is 6. The van der Waals surface area contributed by atoms with Gasteiger partial charge in [-0.25, -0.2) is 4.98 Å². The molecule has 0 aromatic carbocycles. The molecule has 1 atom stereocenters. The van der Waals surface area contributed by atoms with E-state index in [4.69, 9.17) is 11.6 Å². The van der Waals surface area contributed by atoms with Gasteiger partial charge < -0.3 is 10.0 Å². The minimum absolute atomic E-state index is 0.161. The highest BCUT2D eigenvalue weighted by Gasteiger charge is 2.25. The molecule has 1 aliphatic heterocycles. The molecule has 112 valence electrons. The lowest BCUT2D eigenvalue weighted by molar-refractivity contribution is 0.261. The van der Waals surface area contributed by atoms with Crippen molar-refractivity contribution >= 4 is 17.5 Å². The molecule has 1 N–H and O–H groups in total. The van der Waals surface area contributed by atoms with E-state index in [-0.39, 0.29) is 17.9 Å².